The van der Waals surface area contributed by atoms with E-state index in [1.165, 1.54) is 12.1 Å². The first-order valence-electron chi connectivity index (χ1n) is 6.64. The number of aliphatic hydroxyl groups is 1. The highest BCUT2D eigenvalue weighted by Crippen LogP contribution is 2.41. The molecule has 2 unspecified atom stereocenters. The molecule has 1 aliphatic heterocycles. The predicted molar refractivity (Wildman–Crippen MR) is 82.1 cm³/mol. The number of rotatable bonds is 3. The maximum Gasteiger partial charge on any atom is 0.270 e. The van der Waals surface area contributed by atoms with Gasteiger partial charge in [0.1, 0.15) is 17.5 Å². The lowest BCUT2D eigenvalue weighted by Gasteiger charge is -2.43. The highest BCUT2D eigenvalue weighted by atomic mass is 35.5. The molecular weight excluding hydrogens is 296 g/mol. The van der Waals surface area contributed by atoms with Crippen LogP contribution in [0.15, 0.2) is 18.2 Å². The Morgan fingerprint density at radius 3 is 2.57 bits per heavy atom. The first-order chi connectivity index (χ1) is 9.22. The SMILES string of the molecule is CC(C)NC1c2cc([N+](=O)[O-])ccc2OC(C)(C)C1O.Cl. The first-order valence-corrected chi connectivity index (χ1v) is 6.64. The number of nitro benzene ring substituents is 1. The van der Waals surface area contributed by atoms with Crippen molar-refractivity contribution in [1.82, 2.24) is 5.32 Å². The molecule has 1 heterocycles. The predicted octanol–water partition coefficient (Wildman–Crippen LogP) is 2.59. The number of nitro groups is 1. The van der Waals surface area contributed by atoms with Crippen molar-refractivity contribution in [2.75, 3.05) is 0 Å². The van der Waals surface area contributed by atoms with Crippen LogP contribution < -0.4 is 10.1 Å². The van der Waals surface area contributed by atoms with Crippen molar-refractivity contribution >= 4 is 18.1 Å². The molecular formula is C14H21ClN2O4. The smallest absolute Gasteiger partial charge is 0.270 e. The maximum atomic E-state index is 10.9. The summed E-state index contributed by atoms with van der Waals surface area (Å²) in [4.78, 5) is 10.5. The van der Waals surface area contributed by atoms with E-state index in [9.17, 15) is 15.2 Å². The van der Waals surface area contributed by atoms with Gasteiger partial charge in [0.2, 0.25) is 0 Å². The summed E-state index contributed by atoms with van der Waals surface area (Å²) in [5.41, 5.74) is -0.134. The molecule has 0 fully saturated rings. The normalized spacial score (nSPS) is 23.0. The Kier molecular flexibility index (Phi) is 5.20. The summed E-state index contributed by atoms with van der Waals surface area (Å²) in [7, 11) is 0. The monoisotopic (exact) mass is 316 g/mol. The van der Waals surface area contributed by atoms with E-state index in [1.807, 2.05) is 13.8 Å². The van der Waals surface area contributed by atoms with Gasteiger partial charge in [-0.3, -0.25) is 10.1 Å². The highest BCUT2D eigenvalue weighted by molar-refractivity contribution is 5.85. The minimum atomic E-state index is -0.792. The third-order valence-corrected chi connectivity index (χ3v) is 3.45. The molecule has 0 saturated heterocycles. The molecule has 6 nitrogen and oxygen atoms in total. The van der Waals surface area contributed by atoms with Crippen LogP contribution in [0.5, 0.6) is 5.75 Å². The number of nitrogens with one attached hydrogen (secondary N) is 1. The lowest BCUT2D eigenvalue weighted by atomic mass is 9.86. The fourth-order valence-corrected chi connectivity index (χ4v) is 2.44. The van der Waals surface area contributed by atoms with Crippen LogP contribution in [0, 0.1) is 10.1 Å². The number of hydrogen-bond acceptors (Lipinski definition) is 5. The number of ether oxygens (including phenoxy) is 1. The zero-order valence-corrected chi connectivity index (χ0v) is 13.3. The van der Waals surface area contributed by atoms with E-state index in [0.29, 0.717) is 11.3 Å². The number of nitrogens with zero attached hydrogens (tertiary/aromatic N) is 1. The summed E-state index contributed by atoms with van der Waals surface area (Å²) in [5.74, 6) is 0.573. The van der Waals surface area contributed by atoms with Crippen LogP contribution >= 0.6 is 12.4 Å². The van der Waals surface area contributed by atoms with Crippen LogP contribution in [0.2, 0.25) is 0 Å². The molecule has 0 amide bonds. The summed E-state index contributed by atoms with van der Waals surface area (Å²) < 4.78 is 5.77. The standard InChI is InChI=1S/C14H20N2O4.ClH/c1-8(2)15-12-10-7-9(16(18)19)5-6-11(10)20-14(3,4)13(12)17;/h5-8,12-13,15,17H,1-4H3;1H. The lowest BCUT2D eigenvalue weighted by molar-refractivity contribution is -0.385. The van der Waals surface area contributed by atoms with E-state index >= 15 is 0 Å². The van der Waals surface area contributed by atoms with E-state index in [-0.39, 0.29) is 24.1 Å². The zero-order chi connectivity index (χ0) is 15.1. The lowest BCUT2D eigenvalue weighted by Crippen LogP contribution is -2.53. The van der Waals surface area contributed by atoms with Crippen molar-refractivity contribution in [2.45, 2.75) is 51.5 Å². The van der Waals surface area contributed by atoms with Crippen LogP contribution in [0.3, 0.4) is 0 Å². The Balaban J connectivity index is 0.00000220. The third kappa shape index (κ3) is 3.45. The molecule has 0 spiro atoms. The molecule has 7 heteroatoms. The Hall–Kier alpha value is -1.37. The van der Waals surface area contributed by atoms with Crippen LogP contribution in [0.4, 0.5) is 5.69 Å². The van der Waals surface area contributed by atoms with Gasteiger partial charge in [-0.15, -0.1) is 12.4 Å². The quantitative estimate of drug-likeness (QED) is 0.661. The van der Waals surface area contributed by atoms with Crippen LogP contribution in [-0.2, 0) is 0 Å². The molecule has 0 aliphatic carbocycles. The van der Waals surface area contributed by atoms with E-state index in [4.69, 9.17) is 4.74 Å². The third-order valence-electron chi connectivity index (χ3n) is 3.45. The molecule has 21 heavy (non-hydrogen) atoms. The highest BCUT2D eigenvalue weighted by Gasteiger charge is 2.43. The molecule has 1 aromatic rings. The largest absolute Gasteiger partial charge is 0.485 e. The van der Waals surface area contributed by atoms with Gasteiger partial charge in [0.05, 0.1) is 11.0 Å². The number of aliphatic hydroxyl groups excluding tert-OH is 1. The molecule has 0 saturated carbocycles. The van der Waals surface area contributed by atoms with Gasteiger partial charge in [-0.2, -0.15) is 0 Å². The molecule has 0 radical (unpaired) electrons. The van der Waals surface area contributed by atoms with E-state index in [0.717, 1.165) is 0 Å². The van der Waals surface area contributed by atoms with Gasteiger partial charge in [-0.05, 0) is 19.9 Å². The fourth-order valence-electron chi connectivity index (χ4n) is 2.44. The summed E-state index contributed by atoms with van der Waals surface area (Å²) in [6.45, 7) is 7.53. The molecule has 0 bridgehead atoms. The Morgan fingerprint density at radius 1 is 1.43 bits per heavy atom. The number of benzene rings is 1. The number of halogens is 1. The Labute approximate surface area is 130 Å². The molecule has 0 aromatic heterocycles. The molecule has 118 valence electrons. The summed E-state index contributed by atoms with van der Waals surface area (Å²) in [6, 6.07) is 4.22. The number of hydrogen-bond donors (Lipinski definition) is 2. The topological polar surface area (TPSA) is 84.6 Å². The minimum absolute atomic E-state index is 0. The van der Waals surface area contributed by atoms with Gasteiger partial charge in [-0.1, -0.05) is 13.8 Å². The number of fused-ring (bicyclic) bond motifs is 1. The van der Waals surface area contributed by atoms with Gasteiger partial charge < -0.3 is 15.2 Å². The van der Waals surface area contributed by atoms with Gasteiger partial charge in [0.25, 0.3) is 5.69 Å². The first kappa shape index (κ1) is 17.7. The molecule has 2 rings (SSSR count). The minimum Gasteiger partial charge on any atom is -0.485 e. The second kappa shape index (κ2) is 6.17. The number of non-ortho nitro benzene ring substituents is 1. The van der Waals surface area contributed by atoms with Crippen molar-refractivity contribution in [3.63, 3.8) is 0 Å². The Morgan fingerprint density at radius 2 is 2.05 bits per heavy atom. The molecule has 1 aromatic carbocycles. The van der Waals surface area contributed by atoms with Crippen LogP contribution in [-0.4, -0.2) is 27.8 Å². The molecule has 2 N–H and O–H groups in total. The van der Waals surface area contributed by atoms with Crippen molar-refractivity contribution in [1.29, 1.82) is 0 Å². The van der Waals surface area contributed by atoms with E-state index < -0.39 is 22.7 Å². The summed E-state index contributed by atoms with van der Waals surface area (Å²) in [5, 5.41) is 24.6. The van der Waals surface area contributed by atoms with Gasteiger partial charge in [0, 0.05) is 23.7 Å². The van der Waals surface area contributed by atoms with Gasteiger partial charge in [-0.25, -0.2) is 0 Å². The van der Waals surface area contributed by atoms with Crippen LogP contribution in [0.1, 0.15) is 39.3 Å². The Bertz CT molecular complexity index is 534. The molecule has 2 atom stereocenters. The zero-order valence-electron chi connectivity index (χ0n) is 12.5. The van der Waals surface area contributed by atoms with E-state index in [2.05, 4.69) is 5.32 Å². The second-order valence-electron chi connectivity index (χ2n) is 5.93. The molecule has 1 aliphatic rings. The summed E-state index contributed by atoms with van der Waals surface area (Å²) >= 11 is 0. The second-order valence-corrected chi connectivity index (χ2v) is 5.93. The average Bonchev–Trinajstić information content (AvgIpc) is 2.33. The fraction of sp³-hybridized carbons (Fsp3) is 0.571. The van der Waals surface area contributed by atoms with Crippen molar-refractivity contribution in [2.24, 2.45) is 0 Å². The van der Waals surface area contributed by atoms with Crippen molar-refractivity contribution in [3.8, 4) is 5.75 Å². The van der Waals surface area contributed by atoms with Gasteiger partial charge >= 0.3 is 0 Å². The van der Waals surface area contributed by atoms with Crippen molar-refractivity contribution in [3.05, 3.63) is 33.9 Å². The maximum absolute atomic E-state index is 10.9. The summed E-state index contributed by atoms with van der Waals surface area (Å²) in [6.07, 6.45) is -0.792. The van der Waals surface area contributed by atoms with Crippen molar-refractivity contribution < 1.29 is 14.8 Å². The van der Waals surface area contributed by atoms with Crippen LogP contribution in [0.25, 0.3) is 0 Å². The average molecular weight is 317 g/mol. The van der Waals surface area contributed by atoms with E-state index in [1.54, 1.807) is 19.9 Å². The van der Waals surface area contributed by atoms with Gasteiger partial charge in [0.15, 0.2) is 0 Å².